The molecule has 0 aromatic carbocycles. The van der Waals surface area contributed by atoms with E-state index in [0.29, 0.717) is 17.5 Å². The molecular formula is C14H21ClN6O. The van der Waals surface area contributed by atoms with Crippen molar-refractivity contribution in [2.75, 3.05) is 5.73 Å². The molecule has 0 saturated carbocycles. The fourth-order valence-electron chi connectivity index (χ4n) is 1.63. The van der Waals surface area contributed by atoms with Gasteiger partial charge in [-0.25, -0.2) is 15.0 Å². The first-order valence-electron chi connectivity index (χ1n) is 6.94. The number of nitrogens with two attached hydrogens (primary N) is 1. The number of hydrogen-bond acceptors (Lipinski definition) is 5. The number of nitrogen functional groups attached to an aromatic ring is 1. The van der Waals surface area contributed by atoms with Crippen LogP contribution in [0.5, 0.6) is 0 Å². The van der Waals surface area contributed by atoms with Gasteiger partial charge >= 0.3 is 0 Å². The minimum Gasteiger partial charge on any atom is -0.368 e. The van der Waals surface area contributed by atoms with Crippen LogP contribution in [0.4, 0.5) is 5.95 Å². The number of anilines is 1. The van der Waals surface area contributed by atoms with E-state index in [-0.39, 0.29) is 23.7 Å². The minimum absolute atomic E-state index is 0.0371. The molecule has 22 heavy (non-hydrogen) atoms. The topological polar surface area (TPSA) is 117 Å². The van der Waals surface area contributed by atoms with Crippen LogP contribution in [-0.2, 0) is 4.79 Å². The Morgan fingerprint density at radius 3 is 2.36 bits per heavy atom. The number of carbonyl (C=O) groups excluding carboxylic acids is 1. The number of rotatable bonds is 2. The first-order chi connectivity index (χ1) is 10.2. The van der Waals surface area contributed by atoms with Gasteiger partial charge in [-0.3, -0.25) is 15.5 Å². The number of carbonyl (C=O) groups is 1. The number of hydrogen-bond donors (Lipinski definition) is 3. The summed E-state index contributed by atoms with van der Waals surface area (Å²) in [5.41, 5.74) is 7.06. The third-order valence-electron chi connectivity index (χ3n) is 2.84. The maximum atomic E-state index is 10.9. The van der Waals surface area contributed by atoms with Crippen LogP contribution >= 0.6 is 11.6 Å². The van der Waals surface area contributed by atoms with Crippen molar-refractivity contribution in [1.29, 1.82) is 5.41 Å². The zero-order valence-corrected chi connectivity index (χ0v) is 13.9. The smallest absolute Gasteiger partial charge is 0.232 e. The highest BCUT2D eigenvalue weighted by molar-refractivity contribution is 6.29. The minimum atomic E-state index is -0.131. The molecule has 0 aliphatic carbocycles. The lowest BCUT2D eigenvalue weighted by atomic mass is 10.0. The van der Waals surface area contributed by atoms with Gasteiger partial charge in [0.15, 0.2) is 0 Å². The van der Waals surface area contributed by atoms with Crippen molar-refractivity contribution in [2.45, 2.75) is 40.0 Å². The lowest BCUT2D eigenvalue weighted by Crippen LogP contribution is -2.36. The standard InChI is InChI=1S/C7H10ClN3.C7H11N3O/c1-4(2)5-3-6(8)11-7(9)10-5;1-4(2)5-3-6(11)10-7(8)9-5/h3-4H,1-2H3,(H2,9,10,11);4H,3H2,1-2H3,(H2,8,10,11). The van der Waals surface area contributed by atoms with Crippen LogP contribution in [-0.4, -0.2) is 27.5 Å². The second kappa shape index (κ2) is 7.84. The molecule has 7 nitrogen and oxygen atoms in total. The number of amides is 1. The van der Waals surface area contributed by atoms with E-state index in [1.807, 2.05) is 27.7 Å². The van der Waals surface area contributed by atoms with Gasteiger partial charge in [-0.05, 0) is 17.9 Å². The molecule has 1 aliphatic rings. The largest absolute Gasteiger partial charge is 0.368 e. The van der Waals surface area contributed by atoms with Gasteiger partial charge in [-0.2, -0.15) is 0 Å². The highest BCUT2D eigenvalue weighted by Gasteiger charge is 2.17. The molecular weight excluding hydrogens is 304 g/mol. The summed E-state index contributed by atoms with van der Waals surface area (Å²) >= 11 is 5.66. The van der Waals surface area contributed by atoms with Crippen molar-refractivity contribution >= 4 is 35.1 Å². The highest BCUT2D eigenvalue weighted by Crippen LogP contribution is 2.15. The fourth-order valence-corrected chi connectivity index (χ4v) is 1.83. The zero-order chi connectivity index (χ0) is 16.9. The summed E-state index contributed by atoms with van der Waals surface area (Å²) in [6, 6.07) is 1.72. The van der Waals surface area contributed by atoms with Crippen molar-refractivity contribution in [3.05, 3.63) is 16.9 Å². The molecule has 0 fully saturated rings. The predicted molar refractivity (Wildman–Crippen MR) is 88.3 cm³/mol. The fraction of sp³-hybridized carbons (Fsp3) is 0.500. The van der Waals surface area contributed by atoms with Gasteiger partial charge in [-0.15, -0.1) is 0 Å². The second-order valence-electron chi connectivity index (χ2n) is 5.46. The van der Waals surface area contributed by atoms with Gasteiger partial charge < -0.3 is 5.73 Å². The van der Waals surface area contributed by atoms with Crippen molar-refractivity contribution in [1.82, 2.24) is 15.3 Å². The summed E-state index contributed by atoms with van der Waals surface area (Å²) in [6.07, 6.45) is 0.333. The third kappa shape index (κ3) is 5.77. The Kier molecular flexibility index (Phi) is 6.42. The second-order valence-corrected chi connectivity index (χ2v) is 5.85. The molecule has 1 aromatic heterocycles. The van der Waals surface area contributed by atoms with E-state index in [1.165, 1.54) is 0 Å². The molecule has 1 amide bonds. The van der Waals surface area contributed by atoms with Gasteiger partial charge in [0, 0.05) is 11.4 Å². The quantitative estimate of drug-likeness (QED) is 0.724. The van der Waals surface area contributed by atoms with Gasteiger partial charge in [0.05, 0.1) is 6.42 Å². The van der Waals surface area contributed by atoms with Crippen LogP contribution in [0.15, 0.2) is 11.1 Å². The maximum absolute atomic E-state index is 10.9. The van der Waals surface area contributed by atoms with Crippen molar-refractivity contribution < 1.29 is 4.79 Å². The van der Waals surface area contributed by atoms with Crippen LogP contribution in [0.3, 0.4) is 0 Å². The summed E-state index contributed by atoms with van der Waals surface area (Å²) < 4.78 is 0. The maximum Gasteiger partial charge on any atom is 0.232 e. The molecule has 2 heterocycles. The van der Waals surface area contributed by atoms with Crippen LogP contribution < -0.4 is 11.1 Å². The Balaban J connectivity index is 0.000000220. The Hall–Kier alpha value is -2.02. The van der Waals surface area contributed by atoms with Crippen LogP contribution in [0.2, 0.25) is 5.15 Å². The lowest BCUT2D eigenvalue weighted by Gasteiger charge is -2.15. The van der Waals surface area contributed by atoms with E-state index in [9.17, 15) is 4.79 Å². The molecule has 120 valence electrons. The molecule has 4 N–H and O–H groups in total. The van der Waals surface area contributed by atoms with Gasteiger partial charge in [-0.1, -0.05) is 39.3 Å². The SMILES string of the molecule is CC(C)C1=NC(=N)NC(=O)C1.CC(C)c1cc(Cl)nc(N)n1. The van der Waals surface area contributed by atoms with Crippen molar-refractivity contribution in [3.8, 4) is 0 Å². The Morgan fingerprint density at radius 1 is 1.27 bits per heavy atom. The summed E-state index contributed by atoms with van der Waals surface area (Å²) in [4.78, 5) is 22.5. The normalized spacial score (nSPS) is 14.4. The Morgan fingerprint density at radius 2 is 1.91 bits per heavy atom. The number of nitrogens with zero attached hydrogens (tertiary/aromatic N) is 3. The average Bonchev–Trinajstić information content (AvgIpc) is 2.37. The Bertz CT molecular complexity index is 577. The first-order valence-corrected chi connectivity index (χ1v) is 7.32. The van der Waals surface area contributed by atoms with Crippen LogP contribution in [0, 0.1) is 11.3 Å². The van der Waals surface area contributed by atoms with Gasteiger partial charge in [0.25, 0.3) is 0 Å². The predicted octanol–water partition coefficient (Wildman–Crippen LogP) is 2.37. The molecule has 0 spiro atoms. The third-order valence-corrected chi connectivity index (χ3v) is 3.04. The van der Waals surface area contributed by atoms with Crippen LogP contribution in [0.1, 0.15) is 45.7 Å². The van der Waals surface area contributed by atoms with E-state index in [2.05, 4.69) is 20.3 Å². The summed E-state index contributed by atoms with van der Waals surface area (Å²) in [7, 11) is 0. The number of aromatic nitrogens is 2. The van der Waals surface area contributed by atoms with Crippen LogP contribution in [0.25, 0.3) is 0 Å². The zero-order valence-electron chi connectivity index (χ0n) is 13.1. The van der Waals surface area contributed by atoms with E-state index in [0.717, 1.165) is 11.4 Å². The molecule has 1 aliphatic heterocycles. The molecule has 0 bridgehead atoms. The molecule has 0 saturated heterocycles. The molecule has 0 unspecified atom stereocenters. The Labute approximate surface area is 134 Å². The number of nitrogens with one attached hydrogen (secondary N) is 2. The molecule has 1 aromatic rings. The average molecular weight is 325 g/mol. The molecule has 0 radical (unpaired) electrons. The lowest BCUT2D eigenvalue weighted by molar-refractivity contribution is -0.118. The van der Waals surface area contributed by atoms with E-state index in [4.69, 9.17) is 22.7 Å². The summed E-state index contributed by atoms with van der Waals surface area (Å²) in [6.45, 7) is 7.98. The molecule has 8 heteroatoms. The molecule has 0 atom stereocenters. The number of guanidine groups is 1. The monoisotopic (exact) mass is 324 g/mol. The highest BCUT2D eigenvalue weighted by atomic mass is 35.5. The summed E-state index contributed by atoms with van der Waals surface area (Å²) in [5.74, 6) is 0.652. The van der Waals surface area contributed by atoms with Crippen molar-refractivity contribution in [2.24, 2.45) is 10.9 Å². The number of halogens is 1. The van der Waals surface area contributed by atoms with E-state index >= 15 is 0 Å². The van der Waals surface area contributed by atoms with Crippen molar-refractivity contribution in [3.63, 3.8) is 0 Å². The van der Waals surface area contributed by atoms with E-state index < -0.39 is 0 Å². The first kappa shape index (κ1) is 18.0. The van der Waals surface area contributed by atoms with Gasteiger partial charge in [0.2, 0.25) is 17.8 Å². The molecule has 2 rings (SSSR count). The van der Waals surface area contributed by atoms with E-state index in [1.54, 1.807) is 6.07 Å². The van der Waals surface area contributed by atoms with Gasteiger partial charge in [0.1, 0.15) is 5.15 Å². The number of aliphatic imine (C=N–C) groups is 1. The summed E-state index contributed by atoms with van der Waals surface area (Å²) in [5, 5.41) is 9.85.